The van der Waals surface area contributed by atoms with Crippen LogP contribution in [0.2, 0.25) is 0 Å². The fourth-order valence-corrected chi connectivity index (χ4v) is 2.52. The number of halogens is 2. The quantitative estimate of drug-likeness (QED) is 0.116. The Morgan fingerprint density at radius 1 is 0.929 bits per heavy atom. The molecule has 1 N–H and O–H groups in total. The maximum Gasteiger partial charge on any atom is 0.258 e. The molecule has 0 radical (unpaired) electrons. The monoisotopic (exact) mass is 507 g/mol. The standard InChI is InChI=1S/C20H18N3O3.2BrH/c24-20(17-7-2-1-3-8-17)18-9-6-11-22(14-18)15-26-16-23-12-5-4-10-19(23)13-21-25;;/h1-14H,15-16H2;2*1H/q+1;;/p-1. The van der Waals surface area contributed by atoms with Crippen molar-refractivity contribution in [1.82, 2.24) is 0 Å². The van der Waals surface area contributed by atoms with Crippen LogP contribution in [-0.4, -0.2) is 17.2 Å². The van der Waals surface area contributed by atoms with Crippen LogP contribution in [-0.2, 0) is 18.2 Å². The third kappa shape index (κ3) is 6.33. The Morgan fingerprint density at radius 3 is 2.39 bits per heavy atom. The van der Waals surface area contributed by atoms with Crippen LogP contribution in [0.3, 0.4) is 0 Å². The third-order valence-corrected chi connectivity index (χ3v) is 3.79. The van der Waals surface area contributed by atoms with E-state index in [1.165, 1.54) is 6.21 Å². The number of oxime groups is 1. The van der Waals surface area contributed by atoms with Gasteiger partial charge in [0.2, 0.25) is 5.69 Å². The maximum absolute atomic E-state index is 12.5. The summed E-state index contributed by atoms with van der Waals surface area (Å²) in [6, 6.07) is 18.3. The van der Waals surface area contributed by atoms with Gasteiger partial charge in [-0.15, -0.1) is 0 Å². The van der Waals surface area contributed by atoms with Crippen LogP contribution in [0.4, 0.5) is 0 Å². The van der Waals surface area contributed by atoms with Gasteiger partial charge in [0, 0.05) is 23.8 Å². The van der Waals surface area contributed by atoms with Crippen LogP contribution in [0.5, 0.6) is 0 Å². The Labute approximate surface area is 184 Å². The number of hydrogen-bond acceptors (Lipinski definition) is 4. The van der Waals surface area contributed by atoms with Gasteiger partial charge < -0.3 is 39.2 Å². The molecule has 3 aromatic rings. The second kappa shape index (κ2) is 12.1. The van der Waals surface area contributed by atoms with Gasteiger partial charge in [0.15, 0.2) is 24.4 Å². The van der Waals surface area contributed by atoms with E-state index in [0.717, 1.165) is 0 Å². The second-order valence-corrected chi connectivity index (χ2v) is 5.60. The highest BCUT2D eigenvalue weighted by atomic mass is 79.9. The molecule has 3 rings (SSSR count). The highest BCUT2D eigenvalue weighted by molar-refractivity contribution is 6.08. The molecule has 0 unspecified atom stereocenters. The normalized spacial score (nSPS) is 10.1. The minimum atomic E-state index is -0.0289. The molecule has 1 aromatic carbocycles. The van der Waals surface area contributed by atoms with E-state index >= 15 is 0 Å². The SMILES string of the molecule is O=C(c1ccccc1)c1ccc[n+](COC[n+]2ccccc2C=NO)c1.[Br-].[Br-]. The summed E-state index contributed by atoms with van der Waals surface area (Å²) in [5, 5.41) is 11.8. The van der Waals surface area contributed by atoms with Gasteiger partial charge in [0.25, 0.3) is 13.5 Å². The summed E-state index contributed by atoms with van der Waals surface area (Å²) in [7, 11) is 0. The average Bonchev–Trinajstić information content (AvgIpc) is 2.70. The van der Waals surface area contributed by atoms with Crippen LogP contribution in [0, 0.1) is 0 Å². The van der Waals surface area contributed by atoms with E-state index in [0.29, 0.717) is 16.8 Å². The Kier molecular flexibility index (Phi) is 10.2. The molecule has 0 aliphatic heterocycles. The number of rotatable bonds is 7. The number of pyridine rings is 2. The molecule has 0 saturated heterocycles. The molecule has 8 heteroatoms. The van der Waals surface area contributed by atoms with E-state index < -0.39 is 0 Å². The van der Waals surface area contributed by atoms with E-state index in [-0.39, 0.29) is 53.2 Å². The molecule has 0 aliphatic carbocycles. The van der Waals surface area contributed by atoms with Crippen molar-refractivity contribution in [3.63, 3.8) is 0 Å². The second-order valence-electron chi connectivity index (χ2n) is 5.60. The molecule has 146 valence electrons. The fraction of sp³-hybridized carbons (Fsp3) is 0.100. The largest absolute Gasteiger partial charge is 1.00 e. The van der Waals surface area contributed by atoms with Crippen molar-refractivity contribution in [1.29, 1.82) is 0 Å². The lowest BCUT2D eigenvalue weighted by molar-refractivity contribution is -0.788. The molecule has 0 bridgehead atoms. The maximum atomic E-state index is 12.5. The van der Waals surface area contributed by atoms with Crippen LogP contribution in [0.1, 0.15) is 21.6 Å². The number of ketones is 1. The molecular formula is C20H19Br2N3O3. The van der Waals surface area contributed by atoms with Crippen LogP contribution >= 0.6 is 0 Å². The highest BCUT2D eigenvalue weighted by Gasteiger charge is 2.14. The first-order valence-corrected chi connectivity index (χ1v) is 8.10. The molecule has 2 heterocycles. The molecule has 0 fully saturated rings. The predicted molar refractivity (Wildman–Crippen MR) is 93.6 cm³/mol. The molecule has 0 atom stereocenters. The Balaban J connectivity index is 0.00000196. The minimum Gasteiger partial charge on any atom is -1.00 e. The van der Waals surface area contributed by atoms with Crippen molar-refractivity contribution in [3.05, 3.63) is 96.1 Å². The molecule has 0 amide bonds. The van der Waals surface area contributed by atoms with E-state index in [4.69, 9.17) is 9.94 Å². The molecule has 0 aliphatic rings. The van der Waals surface area contributed by atoms with Crippen LogP contribution < -0.4 is 43.1 Å². The molecule has 0 spiro atoms. The van der Waals surface area contributed by atoms with E-state index in [9.17, 15) is 4.79 Å². The Bertz CT molecular complexity index is 921. The number of aromatic nitrogens is 2. The molecule has 0 saturated carbocycles. The highest BCUT2D eigenvalue weighted by Crippen LogP contribution is 2.07. The number of carbonyl (C=O) groups is 1. The summed E-state index contributed by atoms with van der Waals surface area (Å²) in [5.74, 6) is -0.0289. The van der Waals surface area contributed by atoms with E-state index in [1.54, 1.807) is 33.5 Å². The van der Waals surface area contributed by atoms with Gasteiger partial charge in [-0.2, -0.15) is 9.13 Å². The van der Waals surface area contributed by atoms with Crippen LogP contribution in [0.25, 0.3) is 0 Å². The zero-order valence-corrected chi connectivity index (χ0v) is 18.0. The first-order valence-electron chi connectivity index (χ1n) is 8.10. The van der Waals surface area contributed by atoms with Crippen molar-refractivity contribution in [2.24, 2.45) is 5.16 Å². The average molecular weight is 509 g/mol. The molecule has 6 nitrogen and oxygen atoms in total. The summed E-state index contributed by atoms with van der Waals surface area (Å²) in [4.78, 5) is 12.5. The topological polar surface area (TPSA) is 66.7 Å². The first kappa shape index (κ1) is 23.6. The van der Waals surface area contributed by atoms with Gasteiger partial charge in [0.05, 0.1) is 5.56 Å². The molecule has 28 heavy (non-hydrogen) atoms. The van der Waals surface area contributed by atoms with Crippen molar-refractivity contribution in [2.75, 3.05) is 0 Å². The molecule has 2 aromatic heterocycles. The smallest absolute Gasteiger partial charge is 0.258 e. The van der Waals surface area contributed by atoms with Gasteiger partial charge in [-0.25, -0.2) is 0 Å². The van der Waals surface area contributed by atoms with Crippen molar-refractivity contribution < 1.29 is 57.8 Å². The summed E-state index contributed by atoms with van der Waals surface area (Å²) in [6.07, 6.45) is 6.78. The summed E-state index contributed by atoms with van der Waals surface area (Å²) in [6.45, 7) is 0.569. The van der Waals surface area contributed by atoms with Crippen molar-refractivity contribution >= 4 is 12.0 Å². The number of carbonyl (C=O) groups excluding carboxylic acids is 1. The lowest BCUT2D eigenvalue weighted by Gasteiger charge is -2.02. The minimum absolute atomic E-state index is 0. The summed E-state index contributed by atoms with van der Waals surface area (Å²) < 4.78 is 9.31. The van der Waals surface area contributed by atoms with Gasteiger partial charge in [-0.1, -0.05) is 35.5 Å². The number of nitrogens with zero attached hydrogens (tertiary/aromatic N) is 3. The zero-order valence-electron chi connectivity index (χ0n) is 14.9. The van der Waals surface area contributed by atoms with Gasteiger partial charge >= 0.3 is 0 Å². The third-order valence-electron chi connectivity index (χ3n) is 3.79. The lowest BCUT2D eigenvalue weighted by atomic mass is 10.1. The van der Waals surface area contributed by atoms with Gasteiger partial charge in [-0.05, 0) is 12.1 Å². The lowest BCUT2D eigenvalue weighted by Crippen LogP contribution is -3.00. The van der Waals surface area contributed by atoms with E-state index in [1.807, 2.05) is 54.9 Å². The number of ether oxygens (including phenoxy) is 1. The fourth-order valence-electron chi connectivity index (χ4n) is 2.52. The number of hydrogen-bond donors (Lipinski definition) is 1. The van der Waals surface area contributed by atoms with Crippen LogP contribution in [0.15, 0.2) is 84.4 Å². The first-order chi connectivity index (χ1) is 12.8. The van der Waals surface area contributed by atoms with Crippen molar-refractivity contribution in [2.45, 2.75) is 13.5 Å². The van der Waals surface area contributed by atoms with Crippen molar-refractivity contribution in [3.8, 4) is 0 Å². The zero-order chi connectivity index (χ0) is 18.2. The van der Waals surface area contributed by atoms with Gasteiger partial charge in [-0.3, -0.25) is 9.53 Å². The predicted octanol–water partition coefficient (Wildman–Crippen LogP) is -4.06. The number of benzene rings is 1. The Morgan fingerprint density at radius 2 is 1.64 bits per heavy atom. The molecular weight excluding hydrogens is 490 g/mol. The summed E-state index contributed by atoms with van der Waals surface area (Å²) in [5.41, 5.74) is 1.97. The van der Waals surface area contributed by atoms with Gasteiger partial charge in [0.1, 0.15) is 6.21 Å². The Hall–Kier alpha value is -2.42. The summed E-state index contributed by atoms with van der Waals surface area (Å²) >= 11 is 0. The van der Waals surface area contributed by atoms with E-state index in [2.05, 4.69) is 5.16 Å².